The lowest BCUT2D eigenvalue weighted by Crippen LogP contribution is -1.96. The molecule has 0 rings (SSSR count). The molecule has 0 heterocycles. The van der Waals surface area contributed by atoms with Gasteiger partial charge in [0.2, 0.25) is 0 Å². The van der Waals surface area contributed by atoms with Crippen LogP contribution in [0.1, 0.15) is 19.3 Å². The Morgan fingerprint density at radius 1 is 1.33 bits per heavy atom. The van der Waals surface area contributed by atoms with Gasteiger partial charge in [-0.1, -0.05) is 12.7 Å². The first kappa shape index (κ1) is 9.64. The van der Waals surface area contributed by atoms with Gasteiger partial charge >= 0.3 is 0 Å². The van der Waals surface area contributed by atoms with Crippen LogP contribution in [0, 0.1) is 0 Å². The molecule has 1 atom stereocenters. The summed E-state index contributed by atoms with van der Waals surface area (Å²) >= 11 is 11.3. The first-order valence-corrected chi connectivity index (χ1v) is 4.48. The van der Waals surface area contributed by atoms with Crippen LogP contribution in [0.3, 0.4) is 0 Å². The highest BCUT2D eigenvalue weighted by Crippen LogP contribution is 2.10. The summed E-state index contributed by atoms with van der Waals surface area (Å²) < 4.78 is 0. The van der Waals surface area contributed by atoms with E-state index in [1.165, 1.54) is 6.42 Å². The molecule has 0 aliphatic heterocycles. The molecule has 0 bridgehead atoms. The number of halogens is 2. The summed E-state index contributed by atoms with van der Waals surface area (Å²) in [5, 5.41) is 0.369. The summed E-state index contributed by atoms with van der Waals surface area (Å²) in [6, 6.07) is 0. The normalized spacial score (nSPS) is 13.6. The van der Waals surface area contributed by atoms with Gasteiger partial charge in [0, 0.05) is 11.3 Å². The topological polar surface area (TPSA) is 0 Å². The van der Waals surface area contributed by atoms with Gasteiger partial charge in [-0.3, -0.25) is 0 Å². The first-order chi connectivity index (χ1) is 4.31. The third-order valence-corrected chi connectivity index (χ3v) is 2.14. The standard InChI is InChI=1S/C6H13BCl2/c7-5-6(9)3-1-2-4-8/h6H,1-5,7H2. The van der Waals surface area contributed by atoms with Gasteiger partial charge in [0.1, 0.15) is 7.85 Å². The third kappa shape index (κ3) is 6.53. The highest BCUT2D eigenvalue weighted by molar-refractivity contribution is 6.25. The Kier molecular flexibility index (Phi) is 7.25. The highest BCUT2D eigenvalue weighted by Gasteiger charge is 1.98. The second kappa shape index (κ2) is 6.76. The van der Waals surface area contributed by atoms with E-state index in [4.69, 9.17) is 23.2 Å². The molecule has 0 aliphatic rings. The maximum Gasteiger partial charge on any atom is 0.103 e. The summed E-state index contributed by atoms with van der Waals surface area (Å²) in [5.74, 6) is 0.771. The Morgan fingerprint density at radius 2 is 2.00 bits per heavy atom. The van der Waals surface area contributed by atoms with E-state index in [1.54, 1.807) is 0 Å². The maximum atomic E-state index is 5.86. The van der Waals surface area contributed by atoms with E-state index in [0.29, 0.717) is 5.38 Å². The van der Waals surface area contributed by atoms with Gasteiger partial charge in [0.15, 0.2) is 0 Å². The predicted octanol–water partition coefficient (Wildman–Crippen LogP) is 2.05. The molecule has 54 valence electrons. The van der Waals surface area contributed by atoms with Crippen molar-refractivity contribution >= 4 is 31.0 Å². The van der Waals surface area contributed by atoms with Crippen molar-refractivity contribution in [2.24, 2.45) is 0 Å². The van der Waals surface area contributed by atoms with Crippen LogP contribution in [0.2, 0.25) is 6.32 Å². The van der Waals surface area contributed by atoms with Crippen LogP contribution in [0.4, 0.5) is 0 Å². The van der Waals surface area contributed by atoms with Crippen molar-refractivity contribution < 1.29 is 0 Å². The molecule has 0 nitrogen and oxygen atoms in total. The summed E-state index contributed by atoms with van der Waals surface area (Å²) in [6.45, 7) is 0. The number of hydrogen-bond acceptors (Lipinski definition) is 0. The average molecular weight is 167 g/mol. The predicted molar refractivity (Wildman–Crippen MR) is 47.6 cm³/mol. The van der Waals surface area contributed by atoms with Crippen LogP contribution >= 0.6 is 23.2 Å². The average Bonchev–Trinajstić information content (AvgIpc) is 1.89. The van der Waals surface area contributed by atoms with E-state index in [9.17, 15) is 0 Å². The van der Waals surface area contributed by atoms with Crippen molar-refractivity contribution in [3.63, 3.8) is 0 Å². The largest absolute Gasteiger partial charge is 0.127 e. The lowest BCUT2D eigenvalue weighted by molar-refractivity contribution is 0.710. The van der Waals surface area contributed by atoms with Gasteiger partial charge in [0.25, 0.3) is 0 Å². The maximum absolute atomic E-state index is 5.86. The van der Waals surface area contributed by atoms with Gasteiger partial charge < -0.3 is 0 Å². The SMILES string of the molecule is BCC(Cl)CCCCCl. The van der Waals surface area contributed by atoms with Crippen LogP contribution in [-0.2, 0) is 0 Å². The van der Waals surface area contributed by atoms with Crippen molar-refractivity contribution in [1.82, 2.24) is 0 Å². The number of unbranched alkanes of at least 4 members (excludes halogenated alkanes) is 1. The fourth-order valence-electron chi connectivity index (χ4n) is 0.664. The Morgan fingerprint density at radius 3 is 2.44 bits per heavy atom. The number of hydrogen-bond donors (Lipinski definition) is 0. The van der Waals surface area contributed by atoms with Crippen molar-refractivity contribution in [3.05, 3.63) is 0 Å². The van der Waals surface area contributed by atoms with E-state index in [0.717, 1.165) is 25.0 Å². The van der Waals surface area contributed by atoms with Gasteiger partial charge in [0.05, 0.1) is 0 Å². The van der Waals surface area contributed by atoms with Gasteiger partial charge in [-0.2, -0.15) is 0 Å². The summed E-state index contributed by atoms with van der Waals surface area (Å²) in [6.07, 6.45) is 4.46. The molecule has 1 unspecified atom stereocenters. The van der Waals surface area contributed by atoms with E-state index in [-0.39, 0.29) is 0 Å². The molecular formula is C6H13BCl2. The Bertz CT molecular complexity index is 59.0. The quantitative estimate of drug-likeness (QED) is 0.334. The van der Waals surface area contributed by atoms with Crippen molar-refractivity contribution in [2.45, 2.75) is 31.0 Å². The molecule has 0 saturated carbocycles. The van der Waals surface area contributed by atoms with E-state index >= 15 is 0 Å². The Balaban J connectivity index is 2.88. The zero-order valence-electron chi connectivity index (χ0n) is 5.87. The summed E-state index contributed by atoms with van der Waals surface area (Å²) in [7, 11) is 2.11. The third-order valence-electron chi connectivity index (χ3n) is 1.34. The Labute approximate surface area is 68.3 Å². The number of alkyl halides is 2. The minimum Gasteiger partial charge on any atom is -0.127 e. The summed E-state index contributed by atoms with van der Waals surface area (Å²) in [4.78, 5) is 0. The first-order valence-electron chi connectivity index (χ1n) is 3.51. The molecule has 0 radical (unpaired) electrons. The second-order valence-electron chi connectivity index (χ2n) is 2.19. The van der Waals surface area contributed by atoms with Crippen LogP contribution in [-0.4, -0.2) is 19.1 Å². The smallest absolute Gasteiger partial charge is 0.103 e. The van der Waals surface area contributed by atoms with Crippen LogP contribution in [0.15, 0.2) is 0 Å². The lowest BCUT2D eigenvalue weighted by atomic mass is 9.98. The molecule has 0 aromatic heterocycles. The van der Waals surface area contributed by atoms with Crippen molar-refractivity contribution in [1.29, 1.82) is 0 Å². The number of rotatable bonds is 5. The lowest BCUT2D eigenvalue weighted by Gasteiger charge is -2.02. The zero-order chi connectivity index (χ0) is 7.11. The fourth-order valence-corrected chi connectivity index (χ4v) is 1.01. The fraction of sp³-hybridized carbons (Fsp3) is 1.00. The second-order valence-corrected chi connectivity index (χ2v) is 3.19. The van der Waals surface area contributed by atoms with E-state index < -0.39 is 0 Å². The van der Waals surface area contributed by atoms with E-state index in [1.807, 2.05) is 0 Å². The molecule has 9 heavy (non-hydrogen) atoms. The zero-order valence-corrected chi connectivity index (χ0v) is 7.38. The monoisotopic (exact) mass is 166 g/mol. The van der Waals surface area contributed by atoms with Crippen LogP contribution in [0.5, 0.6) is 0 Å². The molecule has 3 heteroatoms. The summed E-state index contributed by atoms with van der Waals surface area (Å²) in [5.41, 5.74) is 0. The van der Waals surface area contributed by atoms with Crippen molar-refractivity contribution in [2.75, 3.05) is 5.88 Å². The van der Waals surface area contributed by atoms with Gasteiger partial charge in [-0.05, 0) is 12.8 Å². The van der Waals surface area contributed by atoms with Crippen LogP contribution in [0.25, 0.3) is 0 Å². The Hall–Kier alpha value is 0.645. The van der Waals surface area contributed by atoms with Crippen molar-refractivity contribution in [3.8, 4) is 0 Å². The molecule has 0 aromatic carbocycles. The van der Waals surface area contributed by atoms with Crippen LogP contribution < -0.4 is 0 Å². The van der Waals surface area contributed by atoms with Gasteiger partial charge in [-0.15, -0.1) is 23.2 Å². The molecule has 0 aliphatic carbocycles. The molecule has 0 amide bonds. The van der Waals surface area contributed by atoms with E-state index in [2.05, 4.69) is 7.85 Å². The molecular weight excluding hydrogens is 154 g/mol. The minimum absolute atomic E-state index is 0.369. The molecule has 0 N–H and O–H groups in total. The molecule has 0 fully saturated rings. The molecule has 0 spiro atoms. The highest BCUT2D eigenvalue weighted by atomic mass is 35.5. The van der Waals surface area contributed by atoms with Gasteiger partial charge in [-0.25, -0.2) is 0 Å². The molecule has 0 aromatic rings. The minimum atomic E-state index is 0.369. The molecule has 0 saturated heterocycles.